The zero-order valence-corrected chi connectivity index (χ0v) is 20.2. The van der Waals surface area contributed by atoms with Crippen molar-refractivity contribution in [2.24, 2.45) is 0 Å². The monoisotopic (exact) mass is 491 g/mol. The second kappa shape index (κ2) is 10.8. The number of hydrogen-bond donors (Lipinski definition) is 2. The Morgan fingerprint density at radius 3 is 2.75 bits per heavy atom. The van der Waals surface area contributed by atoms with Crippen LogP contribution in [-0.4, -0.2) is 64.7 Å². The van der Waals surface area contributed by atoms with Gasteiger partial charge in [-0.15, -0.1) is 10.2 Å². The molecule has 0 aliphatic rings. The van der Waals surface area contributed by atoms with Crippen LogP contribution in [0.4, 0.5) is 21.6 Å². The molecule has 0 aliphatic carbocycles. The number of rotatable bonds is 10. The number of benzene rings is 2. The topological polar surface area (TPSA) is 106 Å². The summed E-state index contributed by atoms with van der Waals surface area (Å²) in [6.07, 6.45) is 4.42. The van der Waals surface area contributed by atoms with Gasteiger partial charge < -0.3 is 25.0 Å². The lowest BCUT2D eigenvalue weighted by molar-refractivity contribution is -0.111. The summed E-state index contributed by atoms with van der Waals surface area (Å²) in [6, 6.07) is 9.49. The fourth-order valence-corrected chi connectivity index (χ4v) is 3.40. The molecular weight excluding hydrogens is 465 g/mol. The van der Waals surface area contributed by atoms with Gasteiger partial charge in [0.25, 0.3) is 0 Å². The van der Waals surface area contributed by atoms with E-state index in [-0.39, 0.29) is 11.7 Å². The lowest BCUT2D eigenvalue weighted by atomic mass is 10.2. The van der Waals surface area contributed by atoms with Gasteiger partial charge in [-0.05, 0) is 38.4 Å². The highest BCUT2D eigenvalue weighted by Gasteiger charge is 2.16. The minimum Gasteiger partial charge on any atom is -0.494 e. The summed E-state index contributed by atoms with van der Waals surface area (Å²) in [6.45, 7) is 4.61. The Balaban J connectivity index is 1.69. The average molecular weight is 492 g/mol. The molecule has 4 aromatic rings. The number of nitrogens with zero attached hydrogens (tertiary/aromatic N) is 5. The van der Waals surface area contributed by atoms with Gasteiger partial charge in [0.15, 0.2) is 11.5 Å². The summed E-state index contributed by atoms with van der Waals surface area (Å²) in [4.78, 5) is 18.4. The number of carbonyl (C=O) groups is 1. The van der Waals surface area contributed by atoms with E-state index in [1.165, 1.54) is 25.3 Å². The maximum atomic E-state index is 13.8. The highest BCUT2D eigenvalue weighted by Crippen LogP contribution is 2.38. The van der Waals surface area contributed by atoms with Gasteiger partial charge in [-0.1, -0.05) is 18.7 Å². The van der Waals surface area contributed by atoms with Crippen molar-refractivity contribution in [3.63, 3.8) is 0 Å². The first kappa shape index (κ1) is 24.6. The van der Waals surface area contributed by atoms with Crippen LogP contribution in [0.2, 0.25) is 0 Å². The minimum atomic E-state index is -0.382. The molecule has 186 valence electrons. The van der Waals surface area contributed by atoms with Gasteiger partial charge in [-0.3, -0.25) is 9.20 Å². The van der Waals surface area contributed by atoms with E-state index in [1.807, 2.05) is 19.0 Å². The molecule has 4 rings (SSSR count). The fraction of sp³-hybridized carbons (Fsp3) is 0.200. The molecule has 0 fully saturated rings. The van der Waals surface area contributed by atoms with Gasteiger partial charge >= 0.3 is 0 Å². The van der Waals surface area contributed by atoms with Crippen molar-refractivity contribution >= 4 is 28.7 Å². The lowest BCUT2D eigenvalue weighted by Crippen LogP contribution is -2.20. The molecule has 36 heavy (non-hydrogen) atoms. The van der Waals surface area contributed by atoms with E-state index >= 15 is 0 Å². The number of hydrogen-bond acceptors (Lipinski definition) is 8. The molecule has 0 bridgehead atoms. The number of aromatic nitrogens is 4. The molecule has 0 spiro atoms. The van der Waals surface area contributed by atoms with Crippen LogP contribution in [0.3, 0.4) is 0 Å². The third kappa shape index (κ3) is 5.58. The van der Waals surface area contributed by atoms with Crippen molar-refractivity contribution in [3.8, 4) is 22.9 Å². The Morgan fingerprint density at radius 2 is 2.03 bits per heavy atom. The van der Waals surface area contributed by atoms with Gasteiger partial charge in [0.05, 0.1) is 30.9 Å². The van der Waals surface area contributed by atoms with Crippen molar-refractivity contribution in [1.29, 1.82) is 0 Å². The Morgan fingerprint density at radius 1 is 1.19 bits per heavy atom. The third-order valence-electron chi connectivity index (χ3n) is 5.18. The van der Waals surface area contributed by atoms with E-state index < -0.39 is 0 Å². The van der Waals surface area contributed by atoms with E-state index in [2.05, 4.69) is 32.4 Å². The molecule has 0 saturated carbocycles. The van der Waals surface area contributed by atoms with Crippen LogP contribution in [-0.2, 0) is 4.79 Å². The zero-order valence-electron chi connectivity index (χ0n) is 20.2. The second-order valence-corrected chi connectivity index (χ2v) is 8.05. The van der Waals surface area contributed by atoms with Crippen LogP contribution in [0.25, 0.3) is 17.0 Å². The number of halogens is 1. The highest BCUT2D eigenvalue weighted by molar-refractivity contribution is 6.00. The molecule has 0 atom stereocenters. The quantitative estimate of drug-likeness (QED) is 0.323. The highest BCUT2D eigenvalue weighted by atomic mass is 19.1. The number of amides is 1. The number of carbonyl (C=O) groups excluding carboxylic acids is 1. The maximum absolute atomic E-state index is 13.8. The Hall–Kier alpha value is -4.51. The Kier molecular flexibility index (Phi) is 7.40. The number of anilines is 3. The van der Waals surface area contributed by atoms with Crippen molar-refractivity contribution in [2.75, 3.05) is 45.0 Å². The first-order valence-corrected chi connectivity index (χ1v) is 11.0. The summed E-state index contributed by atoms with van der Waals surface area (Å²) in [5.41, 5.74) is 2.04. The summed E-state index contributed by atoms with van der Waals surface area (Å²) >= 11 is 0. The standard InChI is InChI=1S/C25H26FN7O3/c1-5-24(34)29-19-12-18(20(35-4)13-21(19)36-10-9-32(2)3)28-22-15-33-23(14-27-22)30-31-25(33)16-7-6-8-17(26)11-16/h5-8,11-15,28H,1,9-10H2,2-4H3,(H,29,34). The van der Waals surface area contributed by atoms with Gasteiger partial charge in [0.2, 0.25) is 5.91 Å². The third-order valence-corrected chi connectivity index (χ3v) is 5.18. The van der Waals surface area contributed by atoms with Crippen LogP contribution in [0.1, 0.15) is 0 Å². The van der Waals surface area contributed by atoms with Crippen molar-refractivity contribution < 1.29 is 18.7 Å². The number of fused-ring (bicyclic) bond motifs is 1. The lowest BCUT2D eigenvalue weighted by Gasteiger charge is -2.18. The average Bonchev–Trinajstić information content (AvgIpc) is 3.28. The van der Waals surface area contributed by atoms with Gasteiger partial charge in [-0.25, -0.2) is 9.37 Å². The van der Waals surface area contributed by atoms with Gasteiger partial charge in [0, 0.05) is 18.2 Å². The van der Waals surface area contributed by atoms with Gasteiger partial charge in [-0.2, -0.15) is 0 Å². The molecule has 0 unspecified atom stereocenters. The summed E-state index contributed by atoms with van der Waals surface area (Å²) in [5, 5.41) is 14.3. The molecule has 2 N–H and O–H groups in total. The van der Waals surface area contributed by atoms with E-state index in [4.69, 9.17) is 9.47 Å². The smallest absolute Gasteiger partial charge is 0.247 e. The number of methoxy groups -OCH3 is 1. The number of ether oxygens (including phenoxy) is 2. The zero-order chi connectivity index (χ0) is 25.7. The summed E-state index contributed by atoms with van der Waals surface area (Å²) in [7, 11) is 5.41. The first-order valence-electron chi connectivity index (χ1n) is 11.0. The summed E-state index contributed by atoms with van der Waals surface area (Å²) in [5.74, 6) is 1.08. The SMILES string of the molecule is C=CC(=O)Nc1cc(Nc2cn3c(-c4cccc(F)c4)nnc3cn2)c(OC)cc1OCCN(C)C. The number of likely N-dealkylation sites (N-methyl/N-ethyl adjacent to an activating group) is 1. The largest absolute Gasteiger partial charge is 0.494 e. The molecular formula is C25H26FN7O3. The Bertz CT molecular complexity index is 1400. The van der Waals surface area contributed by atoms with Crippen LogP contribution < -0.4 is 20.1 Å². The van der Waals surface area contributed by atoms with E-state index in [1.54, 1.807) is 41.1 Å². The molecule has 11 heteroatoms. The maximum Gasteiger partial charge on any atom is 0.247 e. The number of nitrogens with one attached hydrogen (secondary N) is 2. The molecule has 2 aromatic heterocycles. The van der Waals surface area contributed by atoms with Crippen molar-refractivity contribution in [1.82, 2.24) is 24.5 Å². The predicted octanol–water partition coefficient (Wildman–Crippen LogP) is 3.75. The molecule has 1 amide bonds. The Labute approximate surface area is 207 Å². The summed E-state index contributed by atoms with van der Waals surface area (Å²) < 4.78 is 26.9. The van der Waals surface area contributed by atoms with Gasteiger partial charge in [0.1, 0.15) is 29.7 Å². The van der Waals surface area contributed by atoms with Crippen LogP contribution in [0.15, 0.2) is 61.4 Å². The van der Waals surface area contributed by atoms with Crippen LogP contribution in [0, 0.1) is 5.82 Å². The van der Waals surface area contributed by atoms with Crippen LogP contribution in [0.5, 0.6) is 11.5 Å². The second-order valence-electron chi connectivity index (χ2n) is 8.05. The molecule has 0 radical (unpaired) electrons. The predicted molar refractivity (Wildman–Crippen MR) is 135 cm³/mol. The molecule has 0 aliphatic heterocycles. The van der Waals surface area contributed by atoms with Crippen molar-refractivity contribution in [3.05, 3.63) is 67.3 Å². The normalized spacial score (nSPS) is 10.9. The molecule has 2 aromatic carbocycles. The van der Waals surface area contributed by atoms with E-state index in [0.29, 0.717) is 58.9 Å². The first-order chi connectivity index (χ1) is 17.4. The van der Waals surface area contributed by atoms with E-state index in [0.717, 1.165) is 0 Å². The van der Waals surface area contributed by atoms with Crippen molar-refractivity contribution in [2.45, 2.75) is 0 Å². The van der Waals surface area contributed by atoms with E-state index in [9.17, 15) is 9.18 Å². The minimum absolute atomic E-state index is 0.372. The molecule has 0 saturated heterocycles. The van der Waals surface area contributed by atoms with Crippen LogP contribution >= 0.6 is 0 Å². The molecule has 10 nitrogen and oxygen atoms in total. The fourth-order valence-electron chi connectivity index (χ4n) is 3.40. The molecule has 2 heterocycles.